The van der Waals surface area contributed by atoms with Gasteiger partial charge in [-0.1, -0.05) is 25.2 Å². The highest BCUT2D eigenvalue weighted by atomic mass is 19.1. The third-order valence-corrected chi connectivity index (χ3v) is 3.67. The Labute approximate surface area is 124 Å². The van der Waals surface area contributed by atoms with E-state index in [1.54, 1.807) is 11.0 Å². The van der Waals surface area contributed by atoms with Crippen LogP contribution in [-0.4, -0.2) is 29.1 Å². The summed E-state index contributed by atoms with van der Waals surface area (Å²) in [5, 5.41) is 8.70. The molecule has 1 aliphatic heterocycles. The molecular weight excluding hydrogens is 269 g/mol. The highest BCUT2D eigenvalue weighted by Crippen LogP contribution is 2.23. The van der Waals surface area contributed by atoms with Crippen molar-refractivity contribution in [2.75, 3.05) is 13.2 Å². The zero-order valence-corrected chi connectivity index (χ0v) is 12.2. The minimum absolute atomic E-state index is 0.00411. The number of halogens is 1. The molecule has 3 nitrogen and oxygen atoms in total. The lowest BCUT2D eigenvalue weighted by molar-refractivity contribution is -0.128. The van der Waals surface area contributed by atoms with Crippen molar-refractivity contribution in [2.45, 2.75) is 32.7 Å². The molecule has 2 rings (SSSR count). The van der Waals surface area contributed by atoms with Gasteiger partial charge in [0.15, 0.2) is 0 Å². The van der Waals surface area contributed by atoms with E-state index in [-0.39, 0.29) is 18.3 Å². The lowest BCUT2D eigenvalue weighted by Crippen LogP contribution is -2.24. The van der Waals surface area contributed by atoms with Crippen molar-refractivity contribution in [2.24, 2.45) is 5.92 Å². The lowest BCUT2D eigenvalue weighted by Gasteiger charge is -2.16. The molecule has 1 aliphatic rings. The van der Waals surface area contributed by atoms with E-state index in [4.69, 9.17) is 5.11 Å². The van der Waals surface area contributed by atoms with Crippen LogP contribution in [0.5, 0.6) is 0 Å². The first-order valence-electron chi connectivity index (χ1n) is 7.29. The van der Waals surface area contributed by atoms with E-state index in [9.17, 15) is 9.18 Å². The molecule has 1 aromatic carbocycles. The number of likely N-dealkylation sites (tertiary alicyclic amines) is 1. The van der Waals surface area contributed by atoms with Crippen LogP contribution in [0.3, 0.4) is 0 Å². The van der Waals surface area contributed by atoms with Gasteiger partial charge in [-0.25, -0.2) is 4.39 Å². The Balaban J connectivity index is 2.10. The molecule has 1 saturated heterocycles. The van der Waals surface area contributed by atoms with Crippen molar-refractivity contribution in [1.29, 1.82) is 0 Å². The van der Waals surface area contributed by atoms with Crippen molar-refractivity contribution >= 4 is 5.91 Å². The van der Waals surface area contributed by atoms with Crippen LogP contribution in [-0.2, 0) is 11.3 Å². The predicted molar refractivity (Wildman–Crippen MR) is 78.8 cm³/mol. The molecule has 1 heterocycles. The predicted octanol–water partition coefficient (Wildman–Crippen LogP) is 2.32. The monoisotopic (exact) mass is 289 g/mol. The second kappa shape index (κ2) is 7.24. The van der Waals surface area contributed by atoms with Crippen molar-refractivity contribution in [3.05, 3.63) is 35.1 Å². The largest absolute Gasteiger partial charge is 0.395 e. The highest BCUT2D eigenvalue weighted by molar-refractivity contribution is 5.78. The van der Waals surface area contributed by atoms with Crippen LogP contribution in [0.1, 0.15) is 37.3 Å². The first-order chi connectivity index (χ1) is 10.1. The molecule has 1 N–H and O–H groups in total. The average Bonchev–Trinajstić information content (AvgIpc) is 2.79. The Hall–Kier alpha value is -1.86. The van der Waals surface area contributed by atoms with Gasteiger partial charge in [0, 0.05) is 31.5 Å². The maximum atomic E-state index is 13.6. The molecule has 0 spiro atoms. The van der Waals surface area contributed by atoms with Crippen molar-refractivity contribution in [3.8, 4) is 11.8 Å². The van der Waals surface area contributed by atoms with Crippen molar-refractivity contribution in [1.82, 2.24) is 4.90 Å². The first kappa shape index (κ1) is 15.5. The molecule has 0 aromatic heterocycles. The highest BCUT2D eigenvalue weighted by Gasteiger charge is 2.28. The second-order valence-electron chi connectivity index (χ2n) is 5.38. The molecule has 1 unspecified atom stereocenters. The van der Waals surface area contributed by atoms with E-state index < -0.39 is 0 Å². The number of aliphatic hydroxyl groups is 1. The summed E-state index contributed by atoms with van der Waals surface area (Å²) < 4.78 is 13.6. The van der Waals surface area contributed by atoms with Crippen LogP contribution in [0, 0.1) is 23.6 Å². The van der Waals surface area contributed by atoms with Gasteiger partial charge in [0.2, 0.25) is 5.91 Å². The summed E-state index contributed by atoms with van der Waals surface area (Å²) in [6.45, 7) is 3.26. The zero-order valence-electron chi connectivity index (χ0n) is 12.2. The summed E-state index contributed by atoms with van der Waals surface area (Å²) in [4.78, 5) is 13.7. The molecule has 0 aliphatic carbocycles. The summed E-state index contributed by atoms with van der Waals surface area (Å²) >= 11 is 0. The van der Waals surface area contributed by atoms with Crippen LogP contribution in [0.15, 0.2) is 18.2 Å². The Morgan fingerprint density at radius 2 is 2.24 bits per heavy atom. The fourth-order valence-corrected chi connectivity index (χ4v) is 2.53. The summed E-state index contributed by atoms with van der Waals surface area (Å²) in [5.74, 6) is 5.81. The maximum Gasteiger partial charge on any atom is 0.223 e. The molecule has 1 atom stereocenters. The summed E-state index contributed by atoms with van der Waals surface area (Å²) in [7, 11) is 0. The van der Waals surface area contributed by atoms with Gasteiger partial charge in [-0.2, -0.15) is 0 Å². The molecule has 1 amide bonds. The summed E-state index contributed by atoms with van der Waals surface area (Å²) in [6.07, 6.45) is 1.95. The van der Waals surface area contributed by atoms with E-state index in [0.29, 0.717) is 30.9 Å². The number of hydrogen-bond donors (Lipinski definition) is 1. The Morgan fingerprint density at radius 3 is 2.90 bits per heavy atom. The number of carbonyl (C=O) groups excluding carboxylic acids is 1. The van der Waals surface area contributed by atoms with E-state index >= 15 is 0 Å². The van der Waals surface area contributed by atoms with Crippen LogP contribution >= 0.6 is 0 Å². The van der Waals surface area contributed by atoms with E-state index in [1.165, 1.54) is 12.1 Å². The molecule has 4 heteroatoms. The standard InChI is InChI=1S/C17H20FNO2/c1-2-13-10-17(21)19(11-13)12-15-7-14(5-3-4-6-20)8-16(18)9-15/h7-9,13,20H,2,4,6,10-12H2,1H3. The Kier molecular flexibility index (Phi) is 5.35. The number of hydrogen-bond acceptors (Lipinski definition) is 2. The molecular formula is C17H20FNO2. The second-order valence-corrected chi connectivity index (χ2v) is 5.38. The topological polar surface area (TPSA) is 40.5 Å². The molecule has 0 bridgehead atoms. The number of benzene rings is 1. The van der Waals surface area contributed by atoms with E-state index in [2.05, 4.69) is 18.8 Å². The molecule has 0 saturated carbocycles. The lowest BCUT2D eigenvalue weighted by atomic mass is 10.1. The molecule has 1 fully saturated rings. The SMILES string of the molecule is CCC1CC(=O)N(Cc2cc(F)cc(C#CCCO)c2)C1. The van der Waals surface area contributed by atoms with Gasteiger partial charge < -0.3 is 10.0 Å². The van der Waals surface area contributed by atoms with Crippen LogP contribution < -0.4 is 0 Å². The number of rotatable bonds is 4. The minimum atomic E-state index is -0.348. The van der Waals surface area contributed by atoms with Gasteiger partial charge in [0.25, 0.3) is 0 Å². The van der Waals surface area contributed by atoms with Gasteiger partial charge in [-0.05, 0) is 29.7 Å². The van der Waals surface area contributed by atoms with Gasteiger partial charge in [-0.3, -0.25) is 4.79 Å². The number of aliphatic hydroxyl groups excluding tert-OH is 1. The smallest absolute Gasteiger partial charge is 0.223 e. The molecule has 0 radical (unpaired) electrons. The van der Waals surface area contributed by atoms with E-state index in [0.717, 1.165) is 18.5 Å². The average molecular weight is 289 g/mol. The fraction of sp³-hybridized carbons (Fsp3) is 0.471. The zero-order chi connectivity index (χ0) is 15.2. The van der Waals surface area contributed by atoms with Crippen molar-refractivity contribution in [3.63, 3.8) is 0 Å². The third kappa shape index (κ3) is 4.30. The Morgan fingerprint density at radius 1 is 1.43 bits per heavy atom. The van der Waals surface area contributed by atoms with Crippen molar-refractivity contribution < 1.29 is 14.3 Å². The quantitative estimate of drug-likeness (QED) is 0.864. The van der Waals surface area contributed by atoms with Gasteiger partial charge in [0.1, 0.15) is 5.82 Å². The summed E-state index contributed by atoms with van der Waals surface area (Å²) in [5.41, 5.74) is 1.34. The fourth-order valence-electron chi connectivity index (χ4n) is 2.53. The minimum Gasteiger partial charge on any atom is -0.395 e. The number of nitrogens with zero attached hydrogens (tertiary/aromatic N) is 1. The number of carbonyl (C=O) groups is 1. The summed E-state index contributed by atoms with van der Waals surface area (Å²) in [6, 6.07) is 4.62. The maximum absolute atomic E-state index is 13.6. The van der Waals surface area contributed by atoms with Gasteiger partial charge >= 0.3 is 0 Å². The molecule has 1 aromatic rings. The first-order valence-corrected chi connectivity index (χ1v) is 7.29. The third-order valence-electron chi connectivity index (χ3n) is 3.67. The van der Waals surface area contributed by atoms with Gasteiger partial charge in [-0.15, -0.1) is 0 Å². The number of amides is 1. The normalized spacial score (nSPS) is 17.8. The van der Waals surface area contributed by atoms with Crippen LogP contribution in [0.4, 0.5) is 4.39 Å². The molecule has 21 heavy (non-hydrogen) atoms. The molecule has 112 valence electrons. The van der Waals surface area contributed by atoms with E-state index in [1.807, 2.05) is 0 Å². The Bertz CT molecular complexity index is 574. The van der Waals surface area contributed by atoms with Gasteiger partial charge in [0.05, 0.1) is 6.61 Å². The van der Waals surface area contributed by atoms with Crippen LogP contribution in [0.25, 0.3) is 0 Å². The van der Waals surface area contributed by atoms with Crippen LogP contribution in [0.2, 0.25) is 0 Å².